The lowest BCUT2D eigenvalue weighted by molar-refractivity contribution is 0.597. The van der Waals surface area contributed by atoms with Crippen molar-refractivity contribution in [3.05, 3.63) is 42.7 Å². The molecule has 0 aliphatic carbocycles. The molecule has 3 rings (SSSR count). The highest BCUT2D eigenvalue weighted by Gasteiger charge is 2.16. The van der Waals surface area contributed by atoms with Gasteiger partial charge in [-0.25, -0.2) is 4.98 Å². The molecule has 1 atom stereocenters. The number of thiophene rings is 1. The van der Waals surface area contributed by atoms with E-state index in [0.717, 1.165) is 15.4 Å². The summed E-state index contributed by atoms with van der Waals surface area (Å²) in [6.07, 6.45) is 1.82. The van der Waals surface area contributed by atoms with E-state index >= 15 is 0 Å². The van der Waals surface area contributed by atoms with Gasteiger partial charge < -0.3 is 4.98 Å². The molecule has 1 N–H and O–H groups in total. The number of aromatic nitrogens is 3. The minimum absolute atomic E-state index is 0.0471. The van der Waals surface area contributed by atoms with Gasteiger partial charge in [0.1, 0.15) is 9.71 Å². The van der Waals surface area contributed by atoms with Crippen molar-refractivity contribution < 1.29 is 0 Å². The number of fused-ring (bicyclic) bond motifs is 1. The molecule has 0 aliphatic heterocycles. The summed E-state index contributed by atoms with van der Waals surface area (Å²) < 4.78 is 2.75. The van der Waals surface area contributed by atoms with Gasteiger partial charge in [0.05, 0.1) is 11.6 Å². The van der Waals surface area contributed by atoms with Crippen LogP contribution in [-0.2, 0) is 0 Å². The first-order valence-corrected chi connectivity index (χ1v) is 7.82. The van der Waals surface area contributed by atoms with Crippen molar-refractivity contribution >= 4 is 45.1 Å². The second-order valence-corrected chi connectivity index (χ2v) is 6.82. The molecule has 7 heteroatoms. The minimum Gasteiger partial charge on any atom is -0.331 e. The Hall–Kier alpha value is -1.31. The first-order chi connectivity index (χ1) is 9.08. The minimum atomic E-state index is -0.151. The first-order valence-electron chi connectivity index (χ1n) is 5.72. The number of thiazole rings is 1. The summed E-state index contributed by atoms with van der Waals surface area (Å²) in [6.45, 7) is 3.95. The Labute approximate surface area is 122 Å². The Bertz CT molecular complexity index is 855. The lowest BCUT2D eigenvalue weighted by Gasteiger charge is -2.12. The van der Waals surface area contributed by atoms with Gasteiger partial charge in [-0.3, -0.25) is 9.36 Å². The Morgan fingerprint density at radius 3 is 3.00 bits per heavy atom. The summed E-state index contributed by atoms with van der Waals surface area (Å²) >= 11 is 8.32. The average molecular weight is 309 g/mol. The van der Waals surface area contributed by atoms with Crippen molar-refractivity contribution in [1.29, 1.82) is 0 Å². The van der Waals surface area contributed by atoms with Crippen LogP contribution in [0.25, 0.3) is 10.2 Å². The molecule has 19 heavy (non-hydrogen) atoms. The molecule has 0 fully saturated rings. The quantitative estimate of drug-likeness (QED) is 0.737. The summed E-state index contributed by atoms with van der Waals surface area (Å²) in [7, 11) is 0. The maximum atomic E-state index is 12.5. The second kappa shape index (κ2) is 4.66. The number of hydrogen-bond acceptors (Lipinski definition) is 5. The highest BCUT2D eigenvalue weighted by Crippen LogP contribution is 2.23. The third-order valence-electron chi connectivity index (χ3n) is 2.92. The van der Waals surface area contributed by atoms with Crippen LogP contribution in [0.1, 0.15) is 22.9 Å². The molecule has 98 valence electrons. The van der Waals surface area contributed by atoms with E-state index in [2.05, 4.69) is 9.97 Å². The lowest BCUT2D eigenvalue weighted by atomic mass is 10.3. The molecule has 4 nitrogen and oxygen atoms in total. The molecule has 0 aliphatic rings. The Morgan fingerprint density at radius 2 is 2.32 bits per heavy atom. The fourth-order valence-corrected chi connectivity index (χ4v) is 3.93. The molecule has 1 unspecified atom stereocenters. The van der Waals surface area contributed by atoms with Crippen LogP contribution in [-0.4, -0.2) is 14.5 Å². The van der Waals surface area contributed by atoms with E-state index in [-0.39, 0.29) is 11.6 Å². The predicted octanol–water partition coefficient (Wildman–Crippen LogP) is 3.49. The highest BCUT2D eigenvalue weighted by atomic mass is 32.1. The molecule has 0 spiro atoms. The number of aryl methyl sites for hydroxylation is 1. The van der Waals surface area contributed by atoms with Crippen LogP contribution in [0.4, 0.5) is 0 Å². The molecule has 0 saturated heterocycles. The Balaban J connectivity index is 2.25. The number of hydrogen-bond donors (Lipinski definition) is 1. The fourth-order valence-electron chi connectivity index (χ4n) is 1.98. The zero-order valence-electron chi connectivity index (χ0n) is 10.3. The number of H-pyrrole nitrogens is 1. The van der Waals surface area contributed by atoms with Gasteiger partial charge in [-0.05, 0) is 37.5 Å². The number of nitrogens with one attached hydrogen (secondary N) is 1. The average Bonchev–Trinajstić information content (AvgIpc) is 2.97. The number of aromatic amines is 1. The van der Waals surface area contributed by atoms with Crippen molar-refractivity contribution in [2.24, 2.45) is 0 Å². The normalized spacial score (nSPS) is 12.9. The monoisotopic (exact) mass is 309 g/mol. The second-order valence-electron chi connectivity index (χ2n) is 4.25. The summed E-state index contributed by atoms with van der Waals surface area (Å²) in [5.41, 5.74) is 0.757. The van der Waals surface area contributed by atoms with E-state index in [1.807, 2.05) is 31.5 Å². The summed E-state index contributed by atoms with van der Waals surface area (Å²) in [6, 6.07) is 1.72. The highest BCUT2D eigenvalue weighted by molar-refractivity contribution is 7.71. The van der Waals surface area contributed by atoms with E-state index in [9.17, 15) is 4.79 Å². The van der Waals surface area contributed by atoms with Gasteiger partial charge in [-0.15, -0.1) is 22.7 Å². The molecule has 3 heterocycles. The summed E-state index contributed by atoms with van der Waals surface area (Å²) in [5, 5.41) is 2.79. The van der Waals surface area contributed by atoms with Crippen molar-refractivity contribution in [2.45, 2.75) is 19.9 Å². The topological polar surface area (TPSA) is 50.7 Å². The molecular formula is C12H11N3OS3. The lowest BCUT2D eigenvalue weighted by Crippen LogP contribution is -2.25. The maximum Gasteiger partial charge on any atom is 0.272 e. The molecule has 0 saturated carbocycles. The van der Waals surface area contributed by atoms with Gasteiger partial charge in [0, 0.05) is 11.1 Å². The number of rotatable bonds is 2. The van der Waals surface area contributed by atoms with Crippen LogP contribution in [0, 0.1) is 11.7 Å². The van der Waals surface area contributed by atoms with E-state index in [1.54, 1.807) is 15.9 Å². The Kier molecular flexibility index (Phi) is 3.12. The molecule has 0 radical (unpaired) electrons. The van der Waals surface area contributed by atoms with E-state index in [0.29, 0.717) is 9.47 Å². The van der Waals surface area contributed by atoms with Crippen molar-refractivity contribution in [2.75, 3.05) is 0 Å². The third kappa shape index (κ3) is 2.07. The zero-order valence-corrected chi connectivity index (χ0v) is 12.8. The van der Waals surface area contributed by atoms with Gasteiger partial charge in [-0.2, -0.15) is 0 Å². The van der Waals surface area contributed by atoms with Crippen LogP contribution < -0.4 is 5.56 Å². The van der Waals surface area contributed by atoms with Gasteiger partial charge in [0.15, 0.2) is 4.77 Å². The van der Waals surface area contributed by atoms with E-state index in [4.69, 9.17) is 12.2 Å². The smallest absolute Gasteiger partial charge is 0.272 e. The van der Waals surface area contributed by atoms with Crippen molar-refractivity contribution in [1.82, 2.24) is 14.5 Å². The molecule has 3 aromatic heterocycles. The van der Waals surface area contributed by atoms with Crippen LogP contribution in [0.3, 0.4) is 0 Å². The van der Waals surface area contributed by atoms with Crippen molar-refractivity contribution in [3.8, 4) is 0 Å². The molecule has 0 aromatic carbocycles. The third-order valence-corrected chi connectivity index (χ3v) is 5.21. The molecular weight excluding hydrogens is 298 g/mol. The van der Waals surface area contributed by atoms with Crippen LogP contribution >= 0.6 is 34.9 Å². The summed E-state index contributed by atoms with van der Waals surface area (Å²) in [4.78, 5) is 21.1. The molecule has 3 aromatic rings. The largest absolute Gasteiger partial charge is 0.331 e. The summed E-state index contributed by atoms with van der Waals surface area (Å²) in [5.74, 6) is 0. The SMILES string of the molecule is Cc1cnc(C(C)n2c(=S)[nH]c3ccsc3c2=O)s1. The maximum absolute atomic E-state index is 12.5. The Morgan fingerprint density at radius 1 is 1.53 bits per heavy atom. The molecule has 0 amide bonds. The van der Waals surface area contributed by atoms with Crippen LogP contribution in [0.2, 0.25) is 0 Å². The first kappa shape index (κ1) is 12.7. The van der Waals surface area contributed by atoms with Gasteiger partial charge in [0.25, 0.3) is 5.56 Å². The van der Waals surface area contributed by atoms with Crippen LogP contribution in [0.15, 0.2) is 22.4 Å². The van der Waals surface area contributed by atoms with E-state index in [1.165, 1.54) is 11.3 Å². The fraction of sp³-hybridized carbons (Fsp3) is 0.250. The van der Waals surface area contributed by atoms with Gasteiger partial charge >= 0.3 is 0 Å². The zero-order chi connectivity index (χ0) is 13.6. The standard InChI is InChI=1S/C12H11N3OS3/c1-6-5-13-10(19-6)7(2)15-11(16)9-8(3-4-18-9)14-12(15)17/h3-5,7H,1-2H3,(H,14,17). The predicted molar refractivity (Wildman–Crippen MR) is 81.9 cm³/mol. The van der Waals surface area contributed by atoms with Crippen molar-refractivity contribution in [3.63, 3.8) is 0 Å². The van der Waals surface area contributed by atoms with Gasteiger partial charge in [-0.1, -0.05) is 0 Å². The van der Waals surface area contributed by atoms with Crippen LogP contribution in [0.5, 0.6) is 0 Å². The van der Waals surface area contributed by atoms with Gasteiger partial charge in [0.2, 0.25) is 0 Å². The van der Waals surface area contributed by atoms with E-state index < -0.39 is 0 Å². The number of nitrogens with zero attached hydrogens (tertiary/aromatic N) is 2. The molecule has 0 bridgehead atoms.